The van der Waals surface area contributed by atoms with Gasteiger partial charge in [0.1, 0.15) is 22.3 Å². The standard InChI is InChI=1S/C52H31NO2S/c1-2-12-32(13-3-1)35-16-10-17-37(29-35)53(44-21-11-20-40-39-18-7-9-23-48(39)56-52(40)44)38-26-27-46-42(30-38)43-31-47-50(41-19-6-8-22-45(41)54-47)49(51(43)55-46)36-25-24-33-14-4-5-15-34(33)28-36/h1-31H. The van der Waals surface area contributed by atoms with Gasteiger partial charge in [-0.1, -0.05) is 127 Å². The summed E-state index contributed by atoms with van der Waals surface area (Å²) >= 11 is 1.85. The van der Waals surface area contributed by atoms with E-state index in [9.17, 15) is 0 Å². The molecule has 0 radical (unpaired) electrons. The molecular weight excluding hydrogens is 703 g/mol. The Bertz CT molecular complexity index is 3500. The molecule has 56 heavy (non-hydrogen) atoms. The van der Waals surface area contributed by atoms with Crippen LogP contribution >= 0.6 is 11.3 Å². The summed E-state index contributed by atoms with van der Waals surface area (Å²) in [6.45, 7) is 0. The number of benzene rings is 9. The van der Waals surface area contributed by atoms with Crippen LogP contribution in [-0.4, -0.2) is 0 Å². The monoisotopic (exact) mass is 733 g/mol. The van der Waals surface area contributed by atoms with Gasteiger partial charge in [0.25, 0.3) is 0 Å². The lowest BCUT2D eigenvalue weighted by Gasteiger charge is -2.26. The highest BCUT2D eigenvalue weighted by molar-refractivity contribution is 7.26. The molecule has 9 aromatic carbocycles. The first-order chi connectivity index (χ1) is 27.7. The molecule has 0 unspecified atom stereocenters. The summed E-state index contributed by atoms with van der Waals surface area (Å²) in [7, 11) is 0. The van der Waals surface area contributed by atoms with Crippen molar-refractivity contribution in [2.45, 2.75) is 0 Å². The number of furan rings is 2. The molecule has 3 aromatic heterocycles. The lowest BCUT2D eigenvalue weighted by Crippen LogP contribution is -2.10. The number of hydrogen-bond acceptors (Lipinski definition) is 4. The number of fused-ring (bicyclic) bond motifs is 10. The zero-order valence-electron chi connectivity index (χ0n) is 30.1. The van der Waals surface area contributed by atoms with E-state index < -0.39 is 0 Å². The second-order valence-electron chi connectivity index (χ2n) is 14.4. The Balaban J connectivity index is 1.14. The van der Waals surface area contributed by atoms with Crippen LogP contribution in [0.15, 0.2) is 197 Å². The van der Waals surface area contributed by atoms with Gasteiger partial charge >= 0.3 is 0 Å². The molecule has 3 heterocycles. The average Bonchev–Trinajstić information content (AvgIpc) is 3.95. The van der Waals surface area contributed by atoms with Crippen LogP contribution in [0.25, 0.3) is 97.1 Å². The third-order valence-electron chi connectivity index (χ3n) is 11.2. The molecule has 0 spiro atoms. The van der Waals surface area contributed by atoms with Crippen LogP contribution in [0.4, 0.5) is 17.1 Å². The largest absolute Gasteiger partial charge is 0.456 e. The van der Waals surface area contributed by atoms with Crippen LogP contribution in [0.5, 0.6) is 0 Å². The first-order valence-corrected chi connectivity index (χ1v) is 19.7. The fourth-order valence-corrected chi connectivity index (χ4v) is 9.86. The molecule has 0 saturated heterocycles. The Hall–Kier alpha value is -7.14. The third-order valence-corrected chi connectivity index (χ3v) is 12.4. The second-order valence-corrected chi connectivity index (χ2v) is 15.5. The van der Waals surface area contributed by atoms with E-state index in [1.54, 1.807) is 0 Å². The minimum Gasteiger partial charge on any atom is -0.456 e. The van der Waals surface area contributed by atoms with E-state index in [1.165, 1.54) is 42.1 Å². The summed E-state index contributed by atoms with van der Waals surface area (Å²) in [5.74, 6) is 0. The van der Waals surface area contributed by atoms with Crippen LogP contribution < -0.4 is 4.90 Å². The highest BCUT2D eigenvalue weighted by Crippen LogP contribution is 2.49. The van der Waals surface area contributed by atoms with Crippen molar-refractivity contribution >= 4 is 103 Å². The lowest BCUT2D eigenvalue weighted by atomic mass is 9.95. The van der Waals surface area contributed by atoms with Crippen molar-refractivity contribution < 1.29 is 8.83 Å². The van der Waals surface area contributed by atoms with E-state index in [4.69, 9.17) is 8.83 Å². The zero-order chi connectivity index (χ0) is 36.7. The summed E-state index contributed by atoms with van der Waals surface area (Å²) in [4.78, 5) is 2.41. The van der Waals surface area contributed by atoms with Gasteiger partial charge in [0.2, 0.25) is 0 Å². The molecule has 0 amide bonds. The molecular formula is C52H31NO2S. The number of thiophene rings is 1. The van der Waals surface area contributed by atoms with Crippen LogP contribution in [0, 0.1) is 0 Å². The van der Waals surface area contributed by atoms with Crippen LogP contribution in [0.1, 0.15) is 0 Å². The van der Waals surface area contributed by atoms with Crippen LogP contribution in [0.3, 0.4) is 0 Å². The molecule has 3 nitrogen and oxygen atoms in total. The van der Waals surface area contributed by atoms with Gasteiger partial charge in [0.15, 0.2) is 0 Å². The molecule has 0 aliphatic heterocycles. The van der Waals surface area contributed by atoms with Crippen molar-refractivity contribution in [2.24, 2.45) is 0 Å². The number of nitrogens with zero attached hydrogens (tertiary/aromatic N) is 1. The summed E-state index contributed by atoms with van der Waals surface area (Å²) in [6, 6.07) is 67.2. The van der Waals surface area contributed by atoms with Crippen molar-refractivity contribution in [2.75, 3.05) is 4.90 Å². The Labute approximate surface area is 325 Å². The number of rotatable bonds is 5. The topological polar surface area (TPSA) is 29.5 Å². The Morgan fingerprint density at radius 1 is 0.393 bits per heavy atom. The maximum absolute atomic E-state index is 6.95. The van der Waals surface area contributed by atoms with Crippen molar-refractivity contribution in [1.82, 2.24) is 0 Å². The summed E-state index contributed by atoms with van der Waals surface area (Å²) in [6.07, 6.45) is 0. The molecule has 0 atom stereocenters. The van der Waals surface area contributed by atoms with E-state index in [2.05, 4.69) is 181 Å². The minimum absolute atomic E-state index is 0.834. The summed E-state index contributed by atoms with van der Waals surface area (Å²) in [5.41, 5.74) is 11.2. The van der Waals surface area contributed by atoms with E-state index >= 15 is 0 Å². The van der Waals surface area contributed by atoms with Gasteiger partial charge in [0.05, 0.1) is 10.4 Å². The Kier molecular flexibility index (Phi) is 6.80. The number of para-hydroxylation sites is 1. The second kappa shape index (κ2) is 12.2. The Morgan fingerprint density at radius 3 is 2.05 bits per heavy atom. The van der Waals surface area contributed by atoms with Crippen LogP contribution in [0.2, 0.25) is 0 Å². The maximum atomic E-state index is 6.95. The highest BCUT2D eigenvalue weighted by atomic mass is 32.1. The first-order valence-electron chi connectivity index (χ1n) is 18.9. The van der Waals surface area contributed by atoms with Crippen molar-refractivity contribution in [3.05, 3.63) is 188 Å². The zero-order valence-corrected chi connectivity index (χ0v) is 30.9. The summed E-state index contributed by atoms with van der Waals surface area (Å²) < 4.78 is 16.1. The third kappa shape index (κ3) is 4.76. The molecule has 12 rings (SSSR count). The maximum Gasteiger partial charge on any atom is 0.144 e. The SMILES string of the molecule is c1ccc(-c2cccc(N(c3ccc4oc5c(-c6ccc7ccccc7c6)c6c(cc5c4c3)oc3ccccc36)c3cccc4c3sc3ccccc34)c2)cc1. The fraction of sp³-hybridized carbons (Fsp3) is 0. The predicted octanol–water partition coefficient (Wildman–Crippen LogP) is 15.8. The molecule has 262 valence electrons. The van der Waals surface area contributed by atoms with E-state index in [-0.39, 0.29) is 0 Å². The average molecular weight is 734 g/mol. The van der Waals surface area contributed by atoms with Gasteiger partial charge in [-0.3, -0.25) is 0 Å². The molecule has 0 fully saturated rings. The van der Waals surface area contributed by atoms with Gasteiger partial charge in [-0.2, -0.15) is 0 Å². The van der Waals surface area contributed by atoms with Gasteiger partial charge < -0.3 is 13.7 Å². The smallest absolute Gasteiger partial charge is 0.144 e. The highest BCUT2D eigenvalue weighted by Gasteiger charge is 2.24. The van der Waals surface area contributed by atoms with Crippen molar-refractivity contribution in [3.63, 3.8) is 0 Å². The van der Waals surface area contributed by atoms with E-state index in [1.807, 2.05) is 23.5 Å². The summed E-state index contributed by atoms with van der Waals surface area (Å²) in [5, 5.41) is 9.13. The quantitative estimate of drug-likeness (QED) is 0.176. The number of hydrogen-bond donors (Lipinski definition) is 0. The molecule has 4 heteroatoms. The predicted molar refractivity (Wildman–Crippen MR) is 237 cm³/mol. The molecule has 0 aliphatic carbocycles. The first kappa shape index (κ1) is 31.2. The van der Waals surface area contributed by atoms with Gasteiger partial charge in [0, 0.05) is 54.0 Å². The van der Waals surface area contributed by atoms with Gasteiger partial charge in [-0.05, 0) is 88.1 Å². The van der Waals surface area contributed by atoms with Crippen LogP contribution in [-0.2, 0) is 0 Å². The fourth-order valence-electron chi connectivity index (χ4n) is 8.65. The lowest BCUT2D eigenvalue weighted by molar-refractivity contribution is 0.664. The number of anilines is 3. The molecule has 0 N–H and O–H groups in total. The minimum atomic E-state index is 0.834. The van der Waals surface area contributed by atoms with E-state index in [0.717, 1.165) is 72.1 Å². The molecule has 0 bridgehead atoms. The molecule has 12 aromatic rings. The molecule has 0 aliphatic rings. The molecule has 0 saturated carbocycles. The van der Waals surface area contributed by atoms with Crippen molar-refractivity contribution in [1.29, 1.82) is 0 Å². The normalized spacial score (nSPS) is 11.9. The van der Waals surface area contributed by atoms with Crippen molar-refractivity contribution in [3.8, 4) is 22.3 Å². The van der Waals surface area contributed by atoms with Gasteiger partial charge in [-0.15, -0.1) is 11.3 Å². The van der Waals surface area contributed by atoms with E-state index in [0.29, 0.717) is 0 Å². The van der Waals surface area contributed by atoms with Gasteiger partial charge in [-0.25, -0.2) is 0 Å². The Morgan fingerprint density at radius 2 is 1.12 bits per heavy atom.